The lowest BCUT2D eigenvalue weighted by molar-refractivity contribution is -0.142. The van der Waals surface area contributed by atoms with Crippen molar-refractivity contribution < 1.29 is 14.7 Å². The molecule has 7 nitrogen and oxygen atoms in total. The Bertz CT molecular complexity index is 566. The van der Waals surface area contributed by atoms with Crippen LogP contribution in [0.4, 0.5) is 4.79 Å². The van der Waals surface area contributed by atoms with E-state index >= 15 is 0 Å². The van der Waals surface area contributed by atoms with Crippen molar-refractivity contribution in [3.8, 4) is 12.3 Å². The number of imidazole rings is 1. The first-order chi connectivity index (χ1) is 10.1. The van der Waals surface area contributed by atoms with Crippen LogP contribution in [0.3, 0.4) is 0 Å². The second-order valence-corrected chi connectivity index (χ2v) is 5.61. The van der Waals surface area contributed by atoms with Crippen molar-refractivity contribution in [2.24, 2.45) is 0 Å². The number of amides is 2. The molecule has 1 atom stereocenters. The minimum atomic E-state index is -1.03. The zero-order valence-electron chi connectivity index (χ0n) is 11.3. The Morgan fingerprint density at radius 2 is 2.48 bits per heavy atom. The van der Waals surface area contributed by atoms with E-state index in [1.165, 1.54) is 23.0 Å². The largest absolute Gasteiger partial charge is 0.480 e. The fraction of sp³-hybridized carbons (Fsp3) is 0.462. The lowest BCUT2D eigenvalue weighted by atomic mass is 10.0. The highest BCUT2D eigenvalue weighted by atomic mass is 32.2. The topological polar surface area (TPSA) is 98.3 Å². The van der Waals surface area contributed by atoms with E-state index in [1.807, 2.05) is 0 Å². The van der Waals surface area contributed by atoms with Crippen LogP contribution in [0.1, 0.15) is 11.4 Å². The van der Waals surface area contributed by atoms with Crippen LogP contribution < -0.4 is 5.32 Å². The van der Waals surface area contributed by atoms with Crippen molar-refractivity contribution in [2.75, 3.05) is 18.1 Å². The Balaban J connectivity index is 1.95. The fourth-order valence-corrected chi connectivity index (χ4v) is 2.64. The van der Waals surface area contributed by atoms with Crippen molar-refractivity contribution in [2.45, 2.75) is 19.0 Å². The third kappa shape index (κ3) is 3.70. The highest BCUT2D eigenvalue weighted by Gasteiger charge is 2.35. The summed E-state index contributed by atoms with van der Waals surface area (Å²) in [6.07, 6.45) is 6.86. The normalized spacial score (nSPS) is 16.9. The third-order valence-electron chi connectivity index (χ3n) is 3.15. The summed E-state index contributed by atoms with van der Waals surface area (Å²) in [5.74, 6) is 2.76. The van der Waals surface area contributed by atoms with E-state index < -0.39 is 12.0 Å². The molecule has 112 valence electrons. The second-order valence-electron chi connectivity index (χ2n) is 4.50. The summed E-state index contributed by atoms with van der Waals surface area (Å²) in [7, 11) is 0. The standard InChI is InChI=1S/C13H16N4O3S/c1-2-4-21-5-3-14-13(20)17-7-10-9(15-8-16-10)6-11(17)12(18)19/h1,8,11H,3-7H2,(H,14,20)(H,15,16)(H,18,19). The summed E-state index contributed by atoms with van der Waals surface area (Å²) in [5.41, 5.74) is 1.49. The van der Waals surface area contributed by atoms with Crippen molar-refractivity contribution in [1.82, 2.24) is 20.2 Å². The number of hydrogen-bond donors (Lipinski definition) is 3. The number of aromatic nitrogens is 2. The SMILES string of the molecule is C#CCSCCNC(=O)N1Cc2[nH]cnc2CC1C(=O)O. The van der Waals surface area contributed by atoms with Crippen molar-refractivity contribution in [3.63, 3.8) is 0 Å². The molecule has 0 aromatic carbocycles. The van der Waals surface area contributed by atoms with Gasteiger partial charge in [0.1, 0.15) is 6.04 Å². The lowest BCUT2D eigenvalue weighted by Gasteiger charge is -2.32. The molecule has 0 saturated carbocycles. The predicted molar refractivity (Wildman–Crippen MR) is 78.8 cm³/mol. The quantitative estimate of drug-likeness (QED) is 0.537. The van der Waals surface area contributed by atoms with Gasteiger partial charge >= 0.3 is 12.0 Å². The van der Waals surface area contributed by atoms with Crippen LogP contribution in [0.2, 0.25) is 0 Å². The average molecular weight is 308 g/mol. The van der Waals surface area contributed by atoms with Crippen LogP contribution in [-0.2, 0) is 17.8 Å². The van der Waals surface area contributed by atoms with Crippen molar-refractivity contribution in [1.29, 1.82) is 0 Å². The van der Waals surface area contributed by atoms with Gasteiger partial charge in [-0.15, -0.1) is 18.2 Å². The number of aromatic amines is 1. The average Bonchev–Trinajstić information content (AvgIpc) is 2.92. The molecule has 0 fully saturated rings. The molecular formula is C13H16N4O3S. The number of fused-ring (bicyclic) bond motifs is 1. The predicted octanol–water partition coefficient (Wildman–Crippen LogP) is 0.297. The van der Waals surface area contributed by atoms with E-state index in [0.717, 1.165) is 5.69 Å². The van der Waals surface area contributed by atoms with E-state index in [0.29, 0.717) is 23.7 Å². The number of rotatable bonds is 5. The molecule has 1 aliphatic rings. The minimum absolute atomic E-state index is 0.216. The summed E-state index contributed by atoms with van der Waals surface area (Å²) in [5, 5.41) is 12.0. The maximum absolute atomic E-state index is 12.1. The Labute approximate surface area is 126 Å². The summed E-state index contributed by atoms with van der Waals surface area (Å²) < 4.78 is 0. The van der Waals surface area contributed by atoms with Gasteiger partial charge in [0, 0.05) is 18.7 Å². The molecule has 1 aromatic rings. The van der Waals surface area contributed by atoms with E-state index in [4.69, 9.17) is 6.42 Å². The first-order valence-electron chi connectivity index (χ1n) is 6.43. The van der Waals surface area contributed by atoms with Crippen LogP contribution in [-0.4, -0.2) is 56.1 Å². The zero-order valence-corrected chi connectivity index (χ0v) is 12.2. The smallest absolute Gasteiger partial charge is 0.326 e. The summed E-state index contributed by atoms with van der Waals surface area (Å²) in [6.45, 7) is 0.666. The number of terminal acetylenes is 1. The van der Waals surface area contributed by atoms with Gasteiger partial charge in [0.2, 0.25) is 0 Å². The van der Waals surface area contributed by atoms with Gasteiger partial charge < -0.3 is 20.3 Å². The molecule has 8 heteroatoms. The molecule has 3 N–H and O–H groups in total. The number of carboxylic acid groups (broad SMARTS) is 1. The van der Waals surface area contributed by atoms with Crippen LogP contribution in [0.15, 0.2) is 6.33 Å². The van der Waals surface area contributed by atoms with Crippen LogP contribution >= 0.6 is 11.8 Å². The molecule has 1 aromatic heterocycles. The van der Waals surface area contributed by atoms with Gasteiger partial charge in [-0.2, -0.15) is 0 Å². The Morgan fingerprint density at radius 3 is 3.19 bits per heavy atom. The molecule has 0 radical (unpaired) electrons. The van der Waals surface area contributed by atoms with E-state index in [2.05, 4.69) is 21.2 Å². The molecule has 0 spiro atoms. The number of H-pyrrole nitrogens is 1. The van der Waals surface area contributed by atoms with Crippen LogP contribution in [0, 0.1) is 12.3 Å². The monoisotopic (exact) mass is 308 g/mol. The highest BCUT2D eigenvalue weighted by molar-refractivity contribution is 7.99. The van der Waals surface area contributed by atoms with E-state index in [-0.39, 0.29) is 19.0 Å². The van der Waals surface area contributed by atoms with E-state index in [9.17, 15) is 14.7 Å². The first kappa shape index (κ1) is 15.3. The maximum Gasteiger partial charge on any atom is 0.326 e. The molecule has 2 rings (SSSR count). The lowest BCUT2D eigenvalue weighted by Crippen LogP contribution is -2.52. The van der Waals surface area contributed by atoms with Crippen molar-refractivity contribution >= 4 is 23.8 Å². The maximum atomic E-state index is 12.1. The Kier molecular flexibility index (Phi) is 5.11. The van der Waals surface area contributed by atoms with E-state index in [1.54, 1.807) is 0 Å². The molecule has 0 saturated heterocycles. The van der Waals surface area contributed by atoms with Gasteiger partial charge in [0.25, 0.3) is 0 Å². The molecule has 0 aliphatic carbocycles. The number of aliphatic carboxylic acids is 1. The molecule has 2 amide bonds. The van der Waals surface area contributed by atoms with Crippen LogP contribution in [0.5, 0.6) is 0 Å². The van der Waals surface area contributed by atoms with Gasteiger partial charge in [0.15, 0.2) is 0 Å². The highest BCUT2D eigenvalue weighted by Crippen LogP contribution is 2.20. The fourth-order valence-electron chi connectivity index (χ4n) is 2.13. The number of thioether (sulfide) groups is 1. The Morgan fingerprint density at radius 1 is 1.67 bits per heavy atom. The first-order valence-corrected chi connectivity index (χ1v) is 7.58. The second kappa shape index (κ2) is 7.04. The van der Waals surface area contributed by atoms with Gasteiger partial charge in [-0.3, -0.25) is 0 Å². The summed E-state index contributed by atoms with van der Waals surface area (Å²) >= 11 is 1.54. The van der Waals surface area contributed by atoms with Gasteiger partial charge in [-0.05, 0) is 0 Å². The Hall–Kier alpha value is -2.14. The van der Waals surface area contributed by atoms with Crippen molar-refractivity contribution in [3.05, 3.63) is 17.7 Å². The number of carbonyl (C=O) groups excluding carboxylic acids is 1. The molecule has 1 aliphatic heterocycles. The third-order valence-corrected chi connectivity index (χ3v) is 4.02. The minimum Gasteiger partial charge on any atom is -0.480 e. The van der Waals surface area contributed by atoms with Gasteiger partial charge in [-0.1, -0.05) is 5.92 Å². The summed E-state index contributed by atoms with van der Waals surface area (Å²) in [4.78, 5) is 31.8. The molecular weight excluding hydrogens is 292 g/mol. The van der Waals surface area contributed by atoms with Gasteiger partial charge in [0.05, 0.1) is 30.0 Å². The number of nitrogens with zero attached hydrogens (tertiary/aromatic N) is 2. The number of nitrogens with one attached hydrogen (secondary N) is 2. The summed E-state index contributed by atoms with van der Waals surface area (Å²) in [6, 6.07) is -1.27. The number of carboxylic acids is 1. The molecule has 0 bridgehead atoms. The molecule has 2 heterocycles. The number of hydrogen-bond acceptors (Lipinski definition) is 4. The number of urea groups is 1. The zero-order chi connectivity index (χ0) is 15.2. The molecule has 1 unspecified atom stereocenters. The van der Waals surface area contributed by atoms with Crippen LogP contribution in [0.25, 0.3) is 0 Å². The molecule has 21 heavy (non-hydrogen) atoms. The van der Waals surface area contributed by atoms with Gasteiger partial charge in [-0.25, -0.2) is 14.6 Å². The number of carbonyl (C=O) groups is 2.